The summed E-state index contributed by atoms with van der Waals surface area (Å²) < 4.78 is 5.11. The molecule has 0 unspecified atom stereocenters. The van der Waals surface area contributed by atoms with E-state index in [2.05, 4.69) is 12.2 Å². The van der Waals surface area contributed by atoms with Gasteiger partial charge >= 0.3 is 0 Å². The molecule has 1 saturated carbocycles. The molecule has 0 saturated heterocycles. The summed E-state index contributed by atoms with van der Waals surface area (Å²) >= 11 is 0. The summed E-state index contributed by atoms with van der Waals surface area (Å²) in [6.07, 6.45) is 5.47. The Kier molecular flexibility index (Phi) is 4.48. The van der Waals surface area contributed by atoms with E-state index in [1.165, 1.54) is 25.7 Å². The van der Waals surface area contributed by atoms with Crippen LogP contribution in [0.3, 0.4) is 0 Å². The third-order valence-corrected chi connectivity index (χ3v) is 3.98. The first-order chi connectivity index (χ1) is 8.70. The fourth-order valence-corrected chi connectivity index (χ4v) is 2.73. The van der Waals surface area contributed by atoms with Crippen molar-refractivity contribution in [2.24, 2.45) is 5.92 Å². The maximum Gasteiger partial charge on any atom is 0.160 e. The molecule has 18 heavy (non-hydrogen) atoms. The minimum Gasteiger partial charge on any atom is -0.504 e. The molecule has 1 aromatic rings. The standard InChI is InChI=1S/C15H23NO2/c1-11(13-5-3-4-6-13)16-10-12-7-8-14(17)15(9-12)18-2/h7-9,11,13,16-17H,3-6,10H2,1-2H3/t11-/m1/s1. The molecule has 2 N–H and O–H groups in total. The first kappa shape index (κ1) is 13.2. The van der Waals surface area contributed by atoms with Crippen LogP contribution < -0.4 is 10.1 Å². The molecule has 0 radical (unpaired) electrons. The monoisotopic (exact) mass is 249 g/mol. The first-order valence-electron chi connectivity index (χ1n) is 6.80. The number of nitrogens with one attached hydrogen (secondary N) is 1. The predicted octanol–water partition coefficient (Wildman–Crippen LogP) is 3.07. The summed E-state index contributed by atoms with van der Waals surface area (Å²) in [5, 5.41) is 13.1. The molecule has 1 aliphatic carbocycles. The third-order valence-electron chi connectivity index (χ3n) is 3.98. The number of hydrogen-bond acceptors (Lipinski definition) is 3. The molecule has 1 atom stereocenters. The van der Waals surface area contributed by atoms with Crippen molar-refractivity contribution >= 4 is 0 Å². The topological polar surface area (TPSA) is 41.5 Å². The van der Waals surface area contributed by atoms with Gasteiger partial charge in [0.2, 0.25) is 0 Å². The molecule has 3 nitrogen and oxygen atoms in total. The molecular formula is C15H23NO2. The SMILES string of the molecule is COc1cc(CN[C@H](C)C2CCCC2)ccc1O. The van der Waals surface area contributed by atoms with Crippen molar-refractivity contribution < 1.29 is 9.84 Å². The fraction of sp³-hybridized carbons (Fsp3) is 0.600. The van der Waals surface area contributed by atoms with Crippen LogP contribution in [-0.2, 0) is 6.54 Å². The number of ether oxygens (including phenoxy) is 1. The van der Waals surface area contributed by atoms with Crippen molar-refractivity contribution in [3.8, 4) is 11.5 Å². The zero-order chi connectivity index (χ0) is 13.0. The van der Waals surface area contributed by atoms with Crippen LogP contribution in [0.15, 0.2) is 18.2 Å². The van der Waals surface area contributed by atoms with E-state index in [0.29, 0.717) is 11.8 Å². The Labute approximate surface area is 109 Å². The summed E-state index contributed by atoms with van der Waals surface area (Å²) in [4.78, 5) is 0. The number of methoxy groups -OCH3 is 1. The minimum absolute atomic E-state index is 0.199. The second kappa shape index (κ2) is 6.10. The van der Waals surface area contributed by atoms with Crippen LogP contribution in [0.4, 0.5) is 0 Å². The van der Waals surface area contributed by atoms with E-state index in [1.807, 2.05) is 12.1 Å². The van der Waals surface area contributed by atoms with Crippen LogP contribution in [-0.4, -0.2) is 18.3 Å². The molecule has 0 amide bonds. The van der Waals surface area contributed by atoms with Crippen LogP contribution in [0.25, 0.3) is 0 Å². The number of hydrogen-bond donors (Lipinski definition) is 2. The van der Waals surface area contributed by atoms with Gasteiger partial charge in [0.25, 0.3) is 0 Å². The highest BCUT2D eigenvalue weighted by Gasteiger charge is 2.20. The summed E-state index contributed by atoms with van der Waals surface area (Å²) in [6.45, 7) is 3.10. The van der Waals surface area contributed by atoms with Crippen molar-refractivity contribution in [1.29, 1.82) is 0 Å². The molecule has 1 aromatic carbocycles. The van der Waals surface area contributed by atoms with Gasteiger partial charge in [0.05, 0.1) is 7.11 Å². The number of benzene rings is 1. The van der Waals surface area contributed by atoms with Crippen molar-refractivity contribution in [1.82, 2.24) is 5.32 Å². The minimum atomic E-state index is 0.199. The second-order valence-corrected chi connectivity index (χ2v) is 5.22. The van der Waals surface area contributed by atoms with Gasteiger partial charge in [0, 0.05) is 12.6 Å². The second-order valence-electron chi connectivity index (χ2n) is 5.22. The van der Waals surface area contributed by atoms with Crippen LogP contribution >= 0.6 is 0 Å². The fourth-order valence-electron chi connectivity index (χ4n) is 2.73. The lowest BCUT2D eigenvalue weighted by atomic mass is 9.99. The molecule has 0 heterocycles. The van der Waals surface area contributed by atoms with E-state index in [-0.39, 0.29) is 5.75 Å². The molecule has 1 aliphatic rings. The number of rotatable bonds is 5. The summed E-state index contributed by atoms with van der Waals surface area (Å²) in [5.74, 6) is 1.57. The van der Waals surface area contributed by atoms with Gasteiger partial charge in [-0.3, -0.25) is 0 Å². The van der Waals surface area contributed by atoms with Crippen molar-refractivity contribution in [3.05, 3.63) is 23.8 Å². The average molecular weight is 249 g/mol. The summed E-state index contributed by atoms with van der Waals surface area (Å²) in [5.41, 5.74) is 1.15. The van der Waals surface area contributed by atoms with Gasteiger partial charge in [-0.15, -0.1) is 0 Å². The van der Waals surface area contributed by atoms with Gasteiger partial charge in [-0.05, 0) is 43.4 Å². The lowest BCUT2D eigenvalue weighted by molar-refractivity contribution is 0.369. The van der Waals surface area contributed by atoms with E-state index in [1.54, 1.807) is 13.2 Å². The average Bonchev–Trinajstić information content (AvgIpc) is 2.91. The van der Waals surface area contributed by atoms with Crippen molar-refractivity contribution in [2.45, 2.75) is 45.2 Å². The molecule has 0 bridgehead atoms. The largest absolute Gasteiger partial charge is 0.504 e. The van der Waals surface area contributed by atoms with Gasteiger partial charge in [-0.1, -0.05) is 18.9 Å². The van der Waals surface area contributed by atoms with Gasteiger partial charge in [0.15, 0.2) is 11.5 Å². The Balaban J connectivity index is 1.89. The Morgan fingerprint density at radius 3 is 2.78 bits per heavy atom. The zero-order valence-electron chi connectivity index (χ0n) is 11.3. The van der Waals surface area contributed by atoms with E-state index in [0.717, 1.165) is 18.0 Å². The van der Waals surface area contributed by atoms with Crippen LogP contribution in [0.1, 0.15) is 38.2 Å². The number of phenols is 1. The molecule has 0 aromatic heterocycles. The Hall–Kier alpha value is -1.22. The van der Waals surface area contributed by atoms with E-state index in [4.69, 9.17) is 4.74 Å². The van der Waals surface area contributed by atoms with Crippen molar-refractivity contribution in [3.63, 3.8) is 0 Å². The molecule has 0 spiro atoms. The van der Waals surface area contributed by atoms with E-state index >= 15 is 0 Å². The quantitative estimate of drug-likeness (QED) is 0.842. The van der Waals surface area contributed by atoms with E-state index < -0.39 is 0 Å². The highest BCUT2D eigenvalue weighted by Crippen LogP contribution is 2.28. The summed E-state index contributed by atoms with van der Waals surface area (Å²) in [6, 6.07) is 6.08. The molecule has 100 valence electrons. The van der Waals surface area contributed by atoms with Gasteiger partial charge < -0.3 is 15.2 Å². The van der Waals surface area contributed by atoms with Crippen LogP contribution in [0, 0.1) is 5.92 Å². The van der Waals surface area contributed by atoms with Crippen LogP contribution in [0.5, 0.6) is 11.5 Å². The maximum absolute atomic E-state index is 9.54. The van der Waals surface area contributed by atoms with Crippen LogP contribution in [0.2, 0.25) is 0 Å². The molecular weight excluding hydrogens is 226 g/mol. The molecule has 0 aliphatic heterocycles. The molecule has 2 rings (SSSR count). The highest BCUT2D eigenvalue weighted by atomic mass is 16.5. The van der Waals surface area contributed by atoms with Crippen molar-refractivity contribution in [2.75, 3.05) is 7.11 Å². The van der Waals surface area contributed by atoms with Gasteiger partial charge in [0.1, 0.15) is 0 Å². The lowest BCUT2D eigenvalue weighted by Gasteiger charge is -2.20. The predicted molar refractivity (Wildman–Crippen MR) is 72.9 cm³/mol. The van der Waals surface area contributed by atoms with E-state index in [9.17, 15) is 5.11 Å². The third kappa shape index (κ3) is 3.16. The normalized spacial score (nSPS) is 17.9. The first-order valence-corrected chi connectivity index (χ1v) is 6.80. The molecule has 1 fully saturated rings. The Morgan fingerprint density at radius 2 is 2.11 bits per heavy atom. The molecule has 3 heteroatoms. The Morgan fingerprint density at radius 1 is 1.39 bits per heavy atom. The summed E-state index contributed by atoms with van der Waals surface area (Å²) in [7, 11) is 1.58. The Bertz CT molecular complexity index is 386. The lowest BCUT2D eigenvalue weighted by Crippen LogP contribution is -2.31. The van der Waals surface area contributed by atoms with Gasteiger partial charge in [-0.2, -0.15) is 0 Å². The highest BCUT2D eigenvalue weighted by molar-refractivity contribution is 5.41. The van der Waals surface area contributed by atoms with Gasteiger partial charge in [-0.25, -0.2) is 0 Å². The number of aromatic hydroxyl groups is 1. The maximum atomic E-state index is 9.54. The smallest absolute Gasteiger partial charge is 0.160 e. The number of phenolic OH excluding ortho intramolecular Hbond substituents is 1. The zero-order valence-corrected chi connectivity index (χ0v) is 11.3.